The highest BCUT2D eigenvalue weighted by molar-refractivity contribution is 6.19. The minimum Gasteiger partial charge on any atom is -0.122 e. The molecule has 0 bridgehead atoms. The number of alkyl halides is 1. The summed E-state index contributed by atoms with van der Waals surface area (Å²) in [6.45, 7) is 3.66. The van der Waals surface area contributed by atoms with Crippen LogP contribution < -0.4 is 0 Å². The van der Waals surface area contributed by atoms with Gasteiger partial charge in [-0.3, -0.25) is 0 Å². The fraction of sp³-hybridized carbons (Fsp3) is 0.111. The second-order valence-corrected chi connectivity index (χ2v) is 4.25. The van der Waals surface area contributed by atoms with E-state index in [1.54, 1.807) is 0 Å². The Morgan fingerprint density at radius 1 is 0.895 bits per heavy atom. The molecule has 2 aromatic carbocycles. The van der Waals surface area contributed by atoms with Gasteiger partial charge in [-0.05, 0) is 17.5 Å². The predicted octanol–water partition coefficient (Wildman–Crippen LogP) is 5.35. The van der Waals surface area contributed by atoms with E-state index in [1.807, 2.05) is 66.8 Å². The summed E-state index contributed by atoms with van der Waals surface area (Å²) < 4.78 is 0. The zero-order chi connectivity index (χ0) is 13.8. The van der Waals surface area contributed by atoms with Gasteiger partial charge < -0.3 is 0 Å². The summed E-state index contributed by atoms with van der Waals surface area (Å²) in [6.07, 6.45) is 6.82. The number of hydrogen-bond donors (Lipinski definition) is 0. The first kappa shape index (κ1) is 15.3. The van der Waals surface area contributed by atoms with Crippen molar-refractivity contribution >= 4 is 17.7 Å². The van der Waals surface area contributed by atoms with Gasteiger partial charge in [0.05, 0.1) is 0 Å². The Morgan fingerprint density at radius 3 is 2.00 bits per heavy atom. The minimum absolute atomic E-state index is 0.578. The van der Waals surface area contributed by atoms with Crippen molar-refractivity contribution in [2.75, 3.05) is 5.88 Å². The summed E-state index contributed by atoms with van der Waals surface area (Å²) in [4.78, 5) is 0. The van der Waals surface area contributed by atoms with E-state index < -0.39 is 0 Å². The zero-order valence-corrected chi connectivity index (χ0v) is 11.8. The maximum atomic E-state index is 5.46. The Kier molecular flexibility index (Phi) is 8.17. The van der Waals surface area contributed by atoms with E-state index in [4.69, 9.17) is 11.6 Å². The van der Waals surface area contributed by atoms with Crippen molar-refractivity contribution in [2.45, 2.75) is 6.42 Å². The molecule has 0 N–H and O–H groups in total. The van der Waals surface area contributed by atoms with Crippen molar-refractivity contribution < 1.29 is 0 Å². The molecule has 0 amide bonds. The van der Waals surface area contributed by atoms with Crippen molar-refractivity contribution in [3.8, 4) is 0 Å². The van der Waals surface area contributed by atoms with Crippen LogP contribution >= 0.6 is 11.6 Å². The van der Waals surface area contributed by atoms with Gasteiger partial charge in [-0.1, -0.05) is 78.9 Å². The summed E-state index contributed by atoms with van der Waals surface area (Å²) in [5.41, 5.74) is 2.52. The lowest BCUT2D eigenvalue weighted by Gasteiger charge is -1.91. The molecule has 0 fully saturated rings. The molecule has 2 aromatic rings. The fourth-order valence-corrected chi connectivity index (χ4v) is 1.61. The minimum atomic E-state index is 0.578. The molecule has 0 aliphatic heterocycles. The number of rotatable bonds is 4. The van der Waals surface area contributed by atoms with Crippen LogP contribution in [-0.4, -0.2) is 5.88 Å². The molecule has 0 aliphatic rings. The number of halogens is 1. The van der Waals surface area contributed by atoms with Crippen LogP contribution in [0.2, 0.25) is 0 Å². The largest absolute Gasteiger partial charge is 0.122 e. The Hall–Kier alpha value is -1.79. The average molecular weight is 271 g/mol. The average Bonchev–Trinajstić information content (AvgIpc) is 2.48. The van der Waals surface area contributed by atoms with Gasteiger partial charge in [0.2, 0.25) is 0 Å². The third-order valence-corrected chi connectivity index (χ3v) is 2.60. The standard InChI is InChI=1S/C9H9Cl.C9H10/c10-8-4-7-9-5-2-1-3-6-9;1-2-6-9-7-4-3-5-8-9/h1-7H,8H2;2-5,7-8H,1,6H2. The summed E-state index contributed by atoms with van der Waals surface area (Å²) >= 11 is 5.46. The first-order valence-corrected chi connectivity index (χ1v) is 6.82. The summed E-state index contributed by atoms with van der Waals surface area (Å²) in [5, 5.41) is 0. The highest BCUT2D eigenvalue weighted by Crippen LogP contribution is 2.00. The fourth-order valence-electron chi connectivity index (χ4n) is 1.53. The molecule has 0 atom stereocenters. The van der Waals surface area contributed by atoms with Crippen LogP contribution in [0.1, 0.15) is 11.1 Å². The smallest absolute Gasteiger partial charge is 0.0407 e. The third kappa shape index (κ3) is 7.28. The molecular formula is C18H19Cl. The monoisotopic (exact) mass is 270 g/mol. The van der Waals surface area contributed by atoms with E-state index >= 15 is 0 Å². The topological polar surface area (TPSA) is 0 Å². The maximum absolute atomic E-state index is 5.46. The van der Waals surface area contributed by atoms with E-state index in [0.717, 1.165) is 6.42 Å². The normalized spacial score (nSPS) is 9.74. The molecule has 0 spiro atoms. The molecule has 0 unspecified atom stereocenters. The lowest BCUT2D eigenvalue weighted by atomic mass is 10.2. The van der Waals surface area contributed by atoms with Crippen molar-refractivity contribution in [3.05, 3.63) is 90.5 Å². The van der Waals surface area contributed by atoms with Crippen LogP contribution in [0.25, 0.3) is 6.08 Å². The Bertz CT molecular complexity index is 472. The number of allylic oxidation sites excluding steroid dienone is 2. The number of hydrogen-bond acceptors (Lipinski definition) is 0. The summed E-state index contributed by atoms with van der Waals surface area (Å²) in [6, 6.07) is 20.4. The van der Waals surface area contributed by atoms with Gasteiger partial charge >= 0.3 is 0 Å². The first-order valence-electron chi connectivity index (χ1n) is 6.29. The van der Waals surface area contributed by atoms with Gasteiger partial charge in [-0.15, -0.1) is 18.2 Å². The lowest BCUT2D eigenvalue weighted by molar-refractivity contribution is 1.28. The third-order valence-electron chi connectivity index (χ3n) is 2.42. The highest BCUT2D eigenvalue weighted by atomic mass is 35.5. The van der Waals surface area contributed by atoms with Crippen LogP contribution in [0.3, 0.4) is 0 Å². The second-order valence-electron chi connectivity index (χ2n) is 3.95. The molecule has 1 heteroatoms. The highest BCUT2D eigenvalue weighted by Gasteiger charge is 1.82. The van der Waals surface area contributed by atoms with E-state index in [2.05, 4.69) is 18.7 Å². The van der Waals surface area contributed by atoms with E-state index in [1.165, 1.54) is 11.1 Å². The SMILES string of the molecule is C=CCc1ccccc1.ClCC=Cc1ccccc1. The molecule has 0 saturated carbocycles. The summed E-state index contributed by atoms with van der Waals surface area (Å²) in [7, 11) is 0. The quantitative estimate of drug-likeness (QED) is 0.519. The Balaban J connectivity index is 0.000000191. The Labute approximate surface area is 121 Å². The molecular weight excluding hydrogens is 252 g/mol. The maximum Gasteiger partial charge on any atom is 0.0407 e. The Morgan fingerprint density at radius 2 is 1.47 bits per heavy atom. The second kappa shape index (κ2) is 10.2. The van der Waals surface area contributed by atoms with Gasteiger partial charge in [0, 0.05) is 5.88 Å². The molecule has 98 valence electrons. The van der Waals surface area contributed by atoms with Crippen LogP contribution in [0, 0.1) is 0 Å². The lowest BCUT2D eigenvalue weighted by Crippen LogP contribution is -1.75. The van der Waals surface area contributed by atoms with Crippen LogP contribution in [0.4, 0.5) is 0 Å². The van der Waals surface area contributed by atoms with Gasteiger partial charge in [-0.2, -0.15) is 0 Å². The van der Waals surface area contributed by atoms with Crippen LogP contribution in [-0.2, 0) is 6.42 Å². The predicted molar refractivity (Wildman–Crippen MR) is 86.5 cm³/mol. The molecule has 0 heterocycles. The van der Waals surface area contributed by atoms with Crippen LogP contribution in [0.15, 0.2) is 79.4 Å². The van der Waals surface area contributed by atoms with E-state index in [-0.39, 0.29) is 0 Å². The molecule has 0 aromatic heterocycles. The van der Waals surface area contributed by atoms with Crippen molar-refractivity contribution in [1.82, 2.24) is 0 Å². The van der Waals surface area contributed by atoms with Crippen LogP contribution in [0.5, 0.6) is 0 Å². The van der Waals surface area contributed by atoms with Gasteiger partial charge in [-0.25, -0.2) is 0 Å². The van der Waals surface area contributed by atoms with Gasteiger partial charge in [0.25, 0.3) is 0 Å². The van der Waals surface area contributed by atoms with Crippen molar-refractivity contribution in [3.63, 3.8) is 0 Å². The van der Waals surface area contributed by atoms with Gasteiger partial charge in [0.15, 0.2) is 0 Å². The molecule has 0 aliphatic carbocycles. The molecule has 0 saturated heterocycles. The van der Waals surface area contributed by atoms with E-state index in [9.17, 15) is 0 Å². The summed E-state index contributed by atoms with van der Waals surface area (Å²) in [5.74, 6) is 0.578. The van der Waals surface area contributed by atoms with Gasteiger partial charge in [0.1, 0.15) is 0 Å². The number of benzene rings is 2. The molecule has 0 radical (unpaired) electrons. The zero-order valence-electron chi connectivity index (χ0n) is 11.0. The first-order chi connectivity index (χ1) is 9.36. The molecule has 2 rings (SSSR count). The van der Waals surface area contributed by atoms with Crippen molar-refractivity contribution in [2.24, 2.45) is 0 Å². The van der Waals surface area contributed by atoms with Crippen molar-refractivity contribution in [1.29, 1.82) is 0 Å². The molecule has 0 nitrogen and oxygen atoms in total. The molecule has 19 heavy (non-hydrogen) atoms. The van der Waals surface area contributed by atoms with E-state index in [0.29, 0.717) is 5.88 Å².